The SMILES string of the molecule is CCOC(=O)NCCC[SiH2][SiH2][SiH3].CCO[SiH3]. The number of hydrogen-bond acceptors (Lipinski definition) is 3. The van der Waals surface area contributed by atoms with Gasteiger partial charge in [-0.3, -0.25) is 0 Å². The van der Waals surface area contributed by atoms with Crippen molar-refractivity contribution in [1.82, 2.24) is 5.32 Å². The maximum atomic E-state index is 10.8. The van der Waals surface area contributed by atoms with Gasteiger partial charge in [0.2, 0.25) is 0 Å². The quantitative estimate of drug-likeness (QED) is 0.413. The first-order chi connectivity index (χ1) is 7.72. The van der Waals surface area contributed by atoms with E-state index in [1.807, 2.05) is 13.8 Å². The number of carbonyl (C=O) groups is 1. The van der Waals surface area contributed by atoms with Crippen LogP contribution >= 0.6 is 0 Å². The Labute approximate surface area is 109 Å². The molecule has 0 aromatic rings. The van der Waals surface area contributed by atoms with E-state index < -0.39 is 0 Å². The van der Waals surface area contributed by atoms with Crippen LogP contribution in [0.1, 0.15) is 20.3 Å². The Morgan fingerprint density at radius 2 is 2.00 bits per heavy atom. The third kappa shape index (κ3) is 19.6. The smallest absolute Gasteiger partial charge is 0.407 e. The zero-order valence-corrected chi connectivity index (χ0v) is 18.0. The van der Waals surface area contributed by atoms with Crippen molar-refractivity contribution >= 4 is 43.9 Å². The third-order valence-corrected chi connectivity index (χ3v) is 14.1. The molecule has 0 heterocycles. The Hall–Kier alpha value is 0.0975. The molecule has 0 aliphatic rings. The van der Waals surface area contributed by atoms with E-state index in [1.165, 1.54) is 22.2 Å². The zero-order valence-electron chi connectivity index (χ0n) is 11.2. The number of carbonyl (C=O) groups excluding carboxylic acids is 1. The second-order valence-electron chi connectivity index (χ2n) is 3.29. The number of hydrogen-bond donors (Lipinski definition) is 1. The van der Waals surface area contributed by atoms with Crippen LogP contribution in [0.3, 0.4) is 0 Å². The van der Waals surface area contributed by atoms with Gasteiger partial charge in [0, 0.05) is 22.2 Å². The number of ether oxygens (including phenoxy) is 1. The van der Waals surface area contributed by atoms with Crippen molar-refractivity contribution in [3.63, 3.8) is 0 Å². The van der Waals surface area contributed by atoms with Crippen LogP contribution in [0.25, 0.3) is 0 Å². The molecule has 4 nitrogen and oxygen atoms in total. The minimum absolute atomic E-state index is 0.262. The van der Waals surface area contributed by atoms with Gasteiger partial charge < -0.3 is 14.5 Å². The highest BCUT2D eigenvalue weighted by atomic mass is 29.5. The highest BCUT2D eigenvalue weighted by molar-refractivity contribution is 7.23. The first-order valence-corrected chi connectivity index (χ1v) is 17.6. The summed E-state index contributed by atoms with van der Waals surface area (Å²) in [6.45, 7) is 5.97. The summed E-state index contributed by atoms with van der Waals surface area (Å²) >= 11 is 0. The first kappa shape index (κ1) is 18.5. The largest absolute Gasteiger partial charge is 0.450 e. The van der Waals surface area contributed by atoms with Gasteiger partial charge in [-0.25, -0.2) is 4.79 Å². The summed E-state index contributed by atoms with van der Waals surface area (Å²) in [5.74, 6) is 0. The van der Waals surface area contributed by atoms with Gasteiger partial charge in [0.15, 0.2) is 0 Å². The van der Waals surface area contributed by atoms with Crippen molar-refractivity contribution in [1.29, 1.82) is 0 Å². The Balaban J connectivity index is 0. The molecule has 0 unspecified atom stereocenters. The van der Waals surface area contributed by atoms with Crippen molar-refractivity contribution in [2.75, 3.05) is 19.8 Å². The van der Waals surface area contributed by atoms with Crippen LogP contribution in [-0.2, 0) is 9.16 Å². The maximum Gasteiger partial charge on any atom is 0.407 e. The fourth-order valence-corrected chi connectivity index (χ4v) is 9.09. The summed E-state index contributed by atoms with van der Waals surface area (Å²) in [6.07, 6.45) is 0.905. The summed E-state index contributed by atoms with van der Waals surface area (Å²) in [6, 6.07) is 1.42. The van der Waals surface area contributed by atoms with Gasteiger partial charge in [-0.15, -0.1) is 0 Å². The van der Waals surface area contributed by atoms with Crippen molar-refractivity contribution in [3.05, 3.63) is 0 Å². The lowest BCUT2D eigenvalue weighted by Gasteiger charge is -2.03. The fourth-order valence-electron chi connectivity index (χ4n) is 0.924. The van der Waals surface area contributed by atoms with Crippen molar-refractivity contribution in [2.24, 2.45) is 0 Å². The first-order valence-electron chi connectivity index (χ1n) is 6.12. The van der Waals surface area contributed by atoms with E-state index in [-0.39, 0.29) is 6.09 Å². The van der Waals surface area contributed by atoms with Gasteiger partial charge in [-0.05, 0) is 38.6 Å². The molecule has 0 spiro atoms. The van der Waals surface area contributed by atoms with E-state index in [2.05, 4.69) is 9.74 Å². The molecule has 0 aromatic carbocycles. The zero-order chi connectivity index (χ0) is 12.6. The van der Waals surface area contributed by atoms with Crippen LogP contribution < -0.4 is 5.32 Å². The van der Waals surface area contributed by atoms with Crippen LogP contribution in [0, 0.1) is 0 Å². The molecular weight excluding hydrogens is 270 g/mol. The minimum Gasteiger partial charge on any atom is -0.450 e. The summed E-state index contributed by atoms with van der Waals surface area (Å²) in [5.41, 5.74) is 0. The minimum atomic E-state index is -0.262. The molecule has 0 rings (SSSR count). The topological polar surface area (TPSA) is 47.6 Å². The van der Waals surface area contributed by atoms with Gasteiger partial charge in [0.1, 0.15) is 10.5 Å². The highest BCUT2D eigenvalue weighted by Crippen LogP contribution is 1.85. The van der Waals surface area contributed by atoms with E-state index in [4.69, 9.17) is 4.74 Å². The summed E-state index contributed by atoms with van der Waals surface area (Å²) in [5, 5.41) is 2.73. The fraction of sp³-hybridized carbons (Fsp3) is 0.875. The van der Waals surface area contributed by atoms with Gasteiger partial charge in [0.25, 0.3) is 0 Å². The lowest BCUT2D eigenvalue weighted by molar-refractivity contribution is 0.152. The molecular formula is C8H27NO3Si4. The lowest BCUT2D eigenvalue weighted by Crippen LogP contribution is -2.25. The third-order valence-electron chi connectivity index (χ3n) is 1.86. The van der Waals surface area contributed by atoms with E-state index in [9.17, 15) is 4.79 Å². The molecule has 1 amide bonds. The van der Waals surface area contributed by atoms with E-state index in [1.54, 1.807) is 0 Å². The van der Waals surface area contributed by atoms with E-state index in [0.29, 0.717) is 24.2 Å². The highest BCUT2D eigenvalue weighted by Gasteiger charge is 1.97. The molecule has 1 N–H and O–H groups in total. The molecule has 0 aliphatic carbocycles. The summed E-state index contributed by atoms with van der Waals surface area (Å²) < 4.78 is 9.41. The molecule has 0 bridgehead atoms. The van der Waals surface area contributed by atoms with Crippen LogP contribution in [0.4, 0.5) is 4.79 Å². The maximum absolute atomic E-state index is 10.8. The number of alkyl carbamates (subject to hydrolysis) is 1. The molecule has 0 aromatic heterocycles. The van der Waals surface area contributed by atoms with Crippen LogP contribution in [0.2, 0.25) is 6.04 Å². The number of amides is 1. The average molecular weight is 298 g/mol. The van der Waals surface area contributed by atoms with Gasteiger partial charge >= 0.3 is 6.09 Å². The van der Waals surface area contributed by atoms with E-state index in [0.717, 1.165) is 23.6 Å². The van der Waals surface area contributed by atoms with Gasteiger partial charge in [-0.1, -0.05) is 6.04 Å². The summed E-state index contributed by atoms with van der Waals surface area (Å²) in [7, 11) is 3.25. The Bertz CT molecular complexity index is 149. The summed E-state index contributed by atoms with van der Waals surface area (Å²) in [4.78, 5) is 10.8. The predicted octanol–water partition coefficient (Wildman–Crippen LogP) is -2.62. The number of nitrogens with one attached hydrogen (secondary N) is 1. The molecule has 98 valence electrons. The molecule has 0 saturated heterocycles. The lowest BCUT2D eigenvalue weighted by atomic mass is 10.5. The van der Waals surface area contributed by atoms with Crippen molar-refractivity contribution < 1.29 is 14.0 Å². The Morgan fingerprint density at radius 1 is 1.38 bits per heavy atom. The monoisotopic (exact) mass is 297 g/mol. The second-order valence-corrected chi connectivity index (χ2v) is 20.4. The van der Waals surface area contributed by atoms with Crippen molar-refractivity contribution in [2.45, 2.75) is 26.3 Å². The Morgan fingerprint density at radius 3 is 2.44 bits per heavy atom. The number of rotatable bonds is 7. The molecule has 0 fully saturated rings. The van der Waals surface area contributed by atoms with Crippen LogP contribution in [-0.4, -0.2) is 63.7 Å². The van der Waals surface area contributed by atoms with Crippen LogP contribution in [0.5, 0.6) is 0 Å². The average Bonchev–Trinajstić information content (AvgIpc) is 2.29. The molecule has 0 saturated carbocycles. The molecule has 16 heavy (non-hydrogen) atoms. The van der Waals surface area contributed by atoms with E-state index >= 15 is 0 Å². The molecule has 0 atom stereocenters. The van der Waals surface area contributed by atoms with Crippen LogP contribution in [0.15, 0.2) is 0 Å². The Kier molecular flexibility index (Phi) is 20.2. The standard InChI is InChI=1S/C6H19NO2Si3.C2H8OSi/c1-2-9-6(8)7-4-3-5-11-12-10;1-2-3-4/h2-5,11-12H2,1,10H3,(H,7,8);2H2,1,4H3. The van der Waals surface area contributed by atoms with Gasteiger partial charge in [-0.2, -0.15) is 0 Å². The molecule has 0 radical (unpaired) electrons. The normalized spacial score (nSPS) is 10.9. The second kappa shape index (κ2) is 17.5. The molecule has 8 heteroatoms. The van der Waals surface area contributed by atoms with Crippen molar-refractivity contribution in [3.8, 4) is 0 Å². The molecule has 0 aliphatic heterocycles. The van der Waals surface area contributed by atoms with Gasteiger partial charge in [0.05, 0.1) is 6.61 Å². The predicted molar refractivity (Wildman–Crippen MR) is 83.0 cm³/mol.